The van der Waals surface area contributed by atoms with Crippen molar-refractivity contribution in [2.75, 3.05) is 0 Å². The first-order valence-corrected chi connectivity index (χ1v) is 5.87. The average Bonchev–Trinajstić information content (AvgIpc) is 2.40. The lowest BCUT2D eigenvalue weighted by molar-refractivity contribution is 0.547. The molecule has 0 radical (unpaired) electrons. The van der Waals surface area contributed by atoms with Gasteiger partial charge in [-0.15, -0.1) is 0 Å². The Hall–Kier alpha value is -0.540. The summed E-state index contributed by atoms with van der Waals surface area (Å²) in [6.07, 6.45) is 4.11. The van der Waals surface area contributed by atoms with Gasteiger partial charge in [-0.2, -0.15) is 5.10 Å². The maximum atomic E-state index is 6.15. The number of halogens is 1. The molecule has 1 atom stereocenters. The van der Waals surface area contributed by atoms with Crippen LogP contribution >= 0.6 is 11.6 Å². The lowest BCUT2D eigenvalue weighted by atomic mass is 10.1. The van der Waals surface area contributed by atoms with E-state index in [0.29, 0.717) is 0 Å². The van der Waals surface area contributed by atoms with Crippen LogP contribution in [0.1, 0.15) is 37.6 Å². The Labute approximate surface area is 96.6 Å². The van der Waals surface area contributed by atoms with Crippen LogP contribution in [-0.2, 0) is 13.5 Å². The zero-order valence-corrected chi connectivity index (χ0v) is 10.5. The molecule has 86 valence electrons. The lowest BCUT2D eigenvalue weighted by Crippen LogP contribution is -2.20. The summed E-state index contributed by atoms with van der Waals surface area (Å²) >= 11 is 6.15. The van der Waals surface area contributed by atoms with Crippen molar-refractivity contribution < 1.29 is 0 Å². The molecule has 1 unspecified atom stereocenters. The maximum Gasteiger partial charge on any atom is 0.0846 e. The van der Waals surface area contributed by atoms with Crippen LogP contribution in [0.25, 0.3) is 0 Å². The maximum absolute atomic E-state index is 6.15. The molecule has 3 nitrogen and oxygen atoms in total. The second-order valence-corrected chi connectivity index (χ2v) is 4.44. The van der Waals surface area contributed by atoms with E-state index in [9.17, 15) is 0 Å². The van der Waals surface area contributed by atoms with Gasteiger partial charge in [0.2, 0.25) is 0 Å². The molecule has 4 heteroatoms. The van der Waals surface area contributed by atoms with Crippen LogP contribution in [0.4, 0.5) is 0 Å². The number of hydrogen-bond acceptors (Lipinski definition) is 2. The molecular formula is C11H20ClN3. The molecule has 0 saturated carbocycles. The molecule has 0 aliphatic rings. The molecule has 1 heterocycles. The third kappa shape index (κ3) is 3.21. The van der Waals surface area contributed by atoms with Crippen molar-refractivity contribution in [3.05, 3.63) is 16.4 Å². The first kappa shape index (κ1) is 12.5. The summed E-state index contributed by atoms with van der Waals surface area (Å²) < 4.78 is 1.86. The van der Waals surface area contributed by atoms with Gasteiger partial charge < -0.3 is 5.73 Å². The normalized spacial score (nSPS) is 13.1. The number of nitrogens with zero attached hydrogens (tertiary/aromatic N) is 2. The van der Waals surface area contributed by atoms with Gasteiger partial charge in [0, 0.05) is 13.1 Å². The minimum Gasteiger partial charge on any atom is -0.328 e. The van der Waals surface area contributed by atoms with Crippen LogP contribution in [-0.4, -0.2) is 15.8 Å². The number of aromatic nitrogens is 2. The van der Waals surface area contributed by atoms with E-state index in [4.69, 9.17) is 17.3 Å². The largest absolute Gasteiger partial charge is 0.328 e. The van der Waals surface area contributed by atoms with Gasteiger partial charge in [-0.25, -0.2) is 0 Å². The fraction of sp³-hybridized carbons (Fsp3) is 0.727. The second kappa shape index (κ2) is 5.52. The van der Waals surface area contributed by atoms with Gasteiger partial charge in [0.05, 0.1) is 16.4 Å². The van der Waals surface area contributed by atoms with Crippen LogP contribution in [0.2, 0.25) is 5.02 Å². The van der Waals surface area contributed by atoms with Crippen molar-refractivity contribution in [2.45, 2.75) is 45.6 Å². The zero-order valence-electron chi connectivity index (χ0n) is 9.76. The Bertz CT molecular complexity index is 320. The minimum absolute atomic E-state index is 0.279. The molecule has 0 fully saturated rings. The molecule has 1 aromatic heterocycles. The lowest BCUT2D eigenvalue weighted by Gasteiger charge is -2.10. The van der Waals surface area contributed by atoms with Gasteiger partial charge in [-0.1, -0.05) is 24.9 Å². The van der Waals surface area contributed by atoms with Crippen LogP contribution in [0.3, 0.4) is 0 Å². The zero-order chi connectivity index (χ0) is 11.4. The Balaban J connectivity index is 2.57. The highest BCUT2D eigenvalue weighted by Crippen LogP contribution is 2.21. The molecule has 1 rings (SSSR count). The highest BCUT2D eigenvalue weighted by atomic mass is 35.5. The van der Waals surface area contributed by atoms with Gasteiger partial charge in [-0.05, 0) is 26.2 Å². The summed E-state index contributed by atoms with van der Waals surface area (Å²) in [7, 11) is 1.93. The van der Waals surface area contributed by atoms with Crippen LogP contribution < -0.4 is 5.73 Å². The van der Waals surface area contributed by atoms with Crippen molar-refractivity contribution in [1.29, 1.82) is 0 Å². The fourth-order valence-corrected chi connectivity index (χ4v) is 2.04. The van der Waals surface area contributed by atoms with Crippen LogP contribution in [0, 0.1) is 6.92 Å². The van der Waals surface area contributed by atoms with Gasteiger partial charge in [0.15, 0.2) is 0 Å². The predicted molar refractivity (Wildman–Crippen MR) is 64.2 cm³/mol. The number of hydrogen-bond donors (Lipinski definition) is 1. The quantitative estimate of drug-likeness (QED) is 0.843. The molecule has 0 amide bonds. The molecule has 0 aromatic carbocycles. The highest BCUT2D eigenvalue weighted by Gasteiger charge is 2.12. The predicted octanol–water partition coefficient (Wildman–Crippen LogP) is 2.44. The highest BCUT2D eigenvalue weighted by molar-refractivity contribution is 6.31. The fourth-order valence-electron chi connectivity index (χ4n) is 1.79. The van der Waals surface area contributed by atoms with E-state index in [1.54, 1.807) is 0 Å². The Morgan fingerprint density at radius 1 is 1.47 bits per heavy atom. The van der Waals surface area contributed by atoms with Gasteiger partial charge in [-0.3, -0.25) is 4.68 Å². The Morgan fingerprint density at radius 2 is 2.13 bits per heavy atom. The van der Waals surface area contributed by atoms with Crippen molar-refractivity contribution in [3.8, 4) is 0 Å². The summed E-state index contributed by atoms with van der Waals surface area (Å²) in [6, 6.07) is 0.279. The summed E-state index contributed by atoms with van der Waals surface area (Å²) in [6.45, 7) is 4.08. The standard InChI is InChI=1S/C11H20ClN3/c1-4-5-9(13)6-7-10-11(12)8(2)14-15(10)3/h9H,4-7,13H2,1-3H3. The average molecular weight is 230 g/mol. The van der Waals surface area contributed by atoms with E-state index in [1.807, 2.05) is 18.7 Å². The molecule has 0 spiro atoms. The molecule has 1 aromatic rings. The van der Waals surface area contributed by atoms with Crippen molar-refractivity contribution in [1.82, 2.24) is 9.78 Å². The first-order valence-electron chi connectivity index (χ1n) is 5.49. The molecule has 0 bridgehead atoms. The summed E-state index contributed by atoms with van der Waals surface area (Å²) in [4.78, 5) is 0. The summed E-state index contributed by atoms with van der Waals surface area (Å²) in [5.74, 6) is 0. The van der Waals surface area contributed by atoms with Crippen molar-refractivity contribution >= 4 is 11.6 Å². The number of aryl methyl sites for hydroxylation is 2. The summed E-state index contributed by atoms with van der Waals surface area (Å²) in [5, 5.41) is 5.07. The van der Waals surface area contributed by atoms with Gasteiger partial charge >= 0.3 is 0 Å². The first-order chi connectivity index (χ1) is 7.06. The topological polar surface area (TPSA) is 43.8 Å². The SMILES string of the molecule is CCCC(N)CCc1c(Cl)c(C)nn1C. The van der Waals surface area contributed by atoms with E-state index in [0.717, 1.165) is 42.1 Å². The monoisotopic (exact) mass is 229 g/mol. The molecule has 2 N–H and O–H groups in total. The van der Waals surface area contributed by atoms with Crippen molar-refractivity contribution in [2.24, 2.45) is 12.8 Å². The second-order valence-electron chi connectivity index (χ2n) is 4.06. The van der Waals surface area contributed by atoms with Gasteiger partial charge in [0.1, 0.15) is 0 Å². The van der Waals surface area contributed by atoms with E-state index < -0.39 is 0 Å². The molecule has 15 heavy (non-hydrogen) atoms. The smallest absolute Gasteiger partial charge is 0.0846 e. The van der Waals surface area contributed by atoms with E-state index in [-0.39, 0.29) is 6.04 Å². The molecule has 0 aliphatic carbocycles. The third-order valence-electron chi connectivity index (χ3n) is 2.67. The van der Waals surface area contributed by atoms with E-state index >= 15 is 0 Å². The molecule has 0 aliphatic heterocycles. The van der Waals surface area contributed by atoms with E-state index in [2.05, 4.69) is 12.0 Å². The Kier molecular flexibility index (Phi) is 4.61. The number of nitrogens with two attached hydrogens (primary N) is 1. The van der Waals surface area contributed by atoms with Crippen molar-refractivity contribution in [3.63, 3.8) is 0 Å². The Morgan fingerprint density at radius 3 is 2.60 bits per heavy atom. The molecular weight excluding hydrogens is 210 g/mol. The number of rotatable bonds is 5. The van der Waals surface area contributed by atoms with Gasteiger partial charge in [0.25, 0.3) is 0 Å². The third-order valence-corrected chi connectivity index (χ3v) is 3.16. The van der Waals surface area contributed by atoms with Crippen LogP contribution in [0.5, 0.6) is 0 Å². The summed E-state index contributed by atoms with van der Waals surface area (Å²) in [5.41, 5.74) is 7.97. The van der Waals surface area contributed by atoms with Crippen LogP contribution in [0.15, 0.2) is 0 Å². The van der Waals surface area contributed by atoms with E-state index in [1.165, 1.54) is 0 Å². The minimum atomic E-state index is 0.279. The molecule has 0 saturated heterocycles.